The van der Waals surface area contributed by atoms with E-state index in [1.807, 2.05) is 91.0 Å². The van der Waals surface area contributed by atoms with Crippen LogP contribution in [0.4, 0.5) is 11.4 Å². The van der Waals surface area contributed by atoms with Gasteiger partial charge in [0.05, 0.1) is 0 Å². The third-order valence-electron chi connectivity index (χ3n) is 6.02. The molecule has 3 aromatic carbocycles. The maximum absolute atomic E-state index is 13.2. The molecule has 7 N–H and O–H groups in total. The van der Waals surface area contributed by atoms with Crippen molar-refractivity contribution in [3.05, 3.63) is 95.6 Å². The smallest absolute Gasteiger partial charge is 0.247 e. The first-order chi connectivity index (χ1) is 16.7. The molecule has 0 radical (unpaired) electrons. The molecule has 6 nitrogen and oxygen atoms in total. The standard InChI is InChI=1S/C28H31N3O.H3NO/c29-26-14-8-7-9-22(26)18-15-21-16-19-23(20-17-21)27(30-24-10-3-1-4-11-24)28(32)31-25-12-5-2-6-13-25;1-2/h1,3-4,7-11,14-20,25,27,30H,2,5-6,12-13,29H2,(H,31,32);2H,1H2/b18-15+;. The van der Waals surface area contributed by atoms with Gasteiger partial charge in [0.1, 0.15) is 6.04 Å². The molecule has 3 aromatic rings. The number of para-hydroxylation sites is 2. The molecule has 1 fully saturated rings. The van der Waals surface area contributed by atoms with E-state index in [1.54, 1.807) is 0 Å². The van der Waals surface area contributed by atoms with Gasteiger partial charge in [0, 0.05) is 17.4 Å². The fourth-order valence-electron chi connectivity index (χ4n) is 4.18. The van der Waals surface area contributed by atoms with Gasteiger partial charge in [-0.15, -0.1) is 0 Å². The molecule has 0 aromatic heterocycles. The zero-order chi connectivity index (χ0) is 24.2. The van der Waals surface area contributed by atoms with Crippen LogP contribution in [0.2, 0.25) is 0 Å². The Labute approximate surface area is 201 Å². The maximum Gasteiger partial charge on any atom is 0.247 e. The zero-order valence-electron chi connectivity index (χ0n) is 19.4. The Morgan fingerprint density at radius 3 is 2.18 bits per heavy atom. The van der Waals surface area contributed by atoms with Gasteiger partial charge in [-0.25, -0.2) is 5.90 Å². The van der Waals surface area contributed by atoms with Crippen LogP contribution in [0.15, 0.2) is 78.9 Å². The molecule has 4 rings (SSSR count). The summed E-state index contributed by atoms with van der Waals surface area (Å²) in [6, 6.07) is 25.7. The molecule has 1 amide bonds. The highest BCUT2D eigenvalue weighted by atomic mass is 16.4. The number of anilines is 2. The zero-order valence-corrected chi connectivity index (χ0v) is 19.4. The first-order valence-corrected chi connectivity index (χ1v) is 11.7. The molecule has 1 atom stereocenters. The summed E-state index contributed by atoms with van der Waals surface area (Å²) >= 11 is 0. The van der Waals surface area contributed by atoms with Gasteiger partial charge in [-0.2, -0.15) is 0 Å². The molecule has 0 bridgehead atoms. The average molecular weight is 459 g/mol. The van der Waals surface area contributed by atoms with E-state index in [0.717, 1.165) is 40.9 Å². The lowest BCUT2D eigenvalue weighted by molar-refractivity contribution is -0.122. The van der Waals surface area contributed by atoms with Gasteiger partial charge in [0.25, 0.3) is 0 Å². The predicted molar refractivity (Wildman–Crippen MR) is 140 cm³/mol. The number of carbonyl (C=O) groups excluding carboxylic acids is 1. The van der Waals surface area contributed by atoms with Crippen molar-refractivity contribution in [3.63, 3.8) is 0 Å². The molecule has 1 aliphatic carbocycles. The predicted octanol–water partition coefficient (Wildman–Crippen LogP) is 5.38. The molecule has 34 heavy (non-hydrogen) atoms. The second kappa shape index (κ2) is 13.2. The minimum Gasteiger partial charge on any atom is -0.398 e. The Kier molecular flexibility index (Phi) is 9.70. The lowest BCUT2D eigenvalue weighted by atomic mass is 9.94. The van der Waals surface area contributed by atoms with Crippen LogP contribution >= 0.6 is 0 Å². The number of nitrogens with two attached hydrogens (primary N) is 2. The molecule has 0 heterocycles. The quantitative estimate of drug-likeness (QED) is 0.185. The van der Waals surface area contributed by atoms with E-state index >= 15 is 0 Å². The first-order valence-electron chi connectivity index (χ1n) is 11.7. The number of rotatable bonds is 7. The molecule has 178 valence electrons. The Balaban J connectivity index is 0.00000158. The van der Waals surface area contributed by atoms with Crippen molar-refractivity contribution >= 4 is 29.4 Å². The molecular formula is C28H34N4O2. The Morgan fingerprint density at radius 1 is 0.853 bits per heavy atom. The van der Waals surface area contributed by atoms with Crippen LogP contribution in [-0.2, 0) is 4.79 Å². The molecule has 1 aliphatic rings. The number of carbonyl (C=O) groups is 1. The minimum absolute atomic E-state index is 0.0288. The van der Waals surface area contributed by atoms with E-state index in [4.69, 9.17) is 10.9 Å². The Hall–Kier alpha value is -3.61. The van der Waals surface area contributed by atoms with Crippen LogP contribution in [-0.4, -0.2) is 17.2 Å². The molecule has 6 heteroatoms. The van der Waals surface area contributed by atoms with Crippen molar-refractivity contribution in [1.29, 1.82) is 0 Å². The normalized spacial score (nSPS) is 14.6. The van der Waals surface area contributed by atoms with Crippen LogP contribution in [0, 0.1) is 0 Å². The summed E-state index contributed by atoms with van der Waals surface area (Å²) in [5, 5.41) is 13.2. The van der Waals surface area contributed by atoms with Crippen LogP contribution in [0.25, 0.3) is 12.2 Å². The van der Waals surface area contributed by atoms with E-state index in [9.17, 15) is 4.79 Å². The van der Waals surface area contributed by atoms with E-state index in [1.165, 1.54) is 19.3 Å². The lowest BCUT2D eigenvalue weighted by Crippen LogP contribution is -2.41. The van der Waals surface area contributed by atoms with E-state index in [0.29, 0.717) is 0 Å². The number of nitrogens with one attached hydrogen (secondary N) is 2. The van der Waals surface area contributed by atoms with Gasteiger partial charge in [-0.1, -0.05) is 92.1 Å². The van der Waals surface area contributed by atoms with Gasteiger partial charge >= 0.3 is 0 Å². The number of hydrogen-bond acceptors (Lipinski definition) is 5. The second-order valence-electron chi connectivity index (χ2n) is 8.42. The van der Waals surface area contributed by atoms with Crippen molar-refractivity contribution in [1.82, 2.24) is 5.32 Å². The monoisotopic (exact) mass is 458 g/mol. The summed E-state index contributed by atoms with van der Waals surface area (Å²) < 4.78 is 0. The molecule has 1 unspecified atom stereocenters. The van der Waals surface area contributed by atoms with Gasteiger partial charge in [-0.05, 0) is 47.7 Å². The Bertz CT molecular complexity index is 1050. The topological polar surface area (TPSA) is 113 Å². The Morgan fingerprint density at radius 2 is 1.50 bits per heavy atom. The summed E-state index contributed by atoms with van der Waals surface area (Å²) in [5.41, 5.74) is 10.7. The minimum atomic E-state index is -0.442. The highest BCUT2D eigenvalue weighted by molar-refractivity contribution is 5.86. The molecular weight excluding hydrogens is 424 g/mol. The van der Waals surface area contributed by atoms with Gasteiger partial charge in [-0.3, -0.25) is 4.79 Å². The summed E-state index contributed by atoms with van der Waals surface area (Å²) in [4.78, 5) is 13.2. The fourth-order valence-corrected chi connectivity index (χ4v) is 4.18. The van der Waals surface area contributed by atoms with Crippen molar-refractivity contribution < 1.29 is 10.0 Å². The molecule has 1 saturated carbocycles. The first kappa shape index (κ1) is 25.0. The van der Waals surface area contributed by atoms with E-state index < -0.39 is 6.04 Å². The molecule has 0 aliphatic heterocycles. The van der Waals surface area contributed by atoms with Gasteiger partial charge in [0.2, 0.25) is 5.91 Å². The van der Waals surface area contributed by atoms with Crippen molar-refractivity contribution in [2.45, 2.75) is 44.2 Å². The summed E-state index contributed by atoms with van der Waals surface area (Å²) in [6.45, 7) is 0. The number of nitrogen functional groups attached to an aromatic ring is 1. The van der Waals surface area contributed by atoms with Crippen LogP contribution in [0.1, 0.15) is 54.8 Å². The van der Waals surface area contributed by atoms with Gasteiger partial charge < -0.3 is 21.6 Å². The van der Waals surface area contributed by atoms with Crippen molar-refractivity contribution in [3.8, 4) is 0 Å². The second-order valence-corrected chi connectivity index (χ2v) is 8.42. The SMILES string of the molecule is NO.Nc1ccccc1/C=C/c1ccc(C(Nc2ccccc2)C(=O)NC2CCCCC2)cc1. The summed E-state index contributed by atoms with van der Waals surface area (Å²) in [5.74, 6) is 3.53. The fraction of sp³-hybridized carbons (Fsp3) is 0.250. The highest BCUT2D eigenvalue weighted by Crippen LogP contribution is 2.24. The van der Waals surface area contributed by atoms with Crippen LogP contribution < -0.4 is 22.3 Å². The van der Waals surface area contributed by atoms with Crippen molar-refractivity contribution in [2.24, 2.45) is 5.90 Å². The number of benzene rings is 3. The summed E-state index contributed by atoms with van der Waals surface area (Å²) in [7, 11) is 0. The number of hydrogen-bond donors (Lipinski definition) is 5. The van der Waals surface area contributed by atoms with E-state index in [2.05, 4.69) is 16.5 Å². The average Bonchev–Trinajstić information content (AvgIpc) is 2.89. The van der Waals surface area contributed by atoms with Crippen LogP contribution in [0.3, 0.4) is 0 Å². The van der Waals surface area contributed by atoms with Crippen molar-refractivity contribution in [2.75, 3.05) is 11.1 Å². The van der Waals surface area contributed by atoms with Gasteiger partial charge in [0.15, 0.2) is 0 Å². The third-order valence-corrected chi connectivity index (χ3v) is 6.02. The van der Waals surface area contributed by atoms with Crippen LogP contribution in [0.5, 0.6) is 0 Å². The third kappa shape index (κ3) is 7.20. The maximum atomic E-state index is 13.2. The highest BCUT2D eigenvalue weighted by Gasteiger charge is 2.24. The van der Waals surface area contributed by atoms with E-state index in [-0.39, 0.29) is 11.9 Å². The molecule has 0 saturated heterocycles. The lowest BCUT2D eigenvalue weighted by Gasteiger charge is -2.26. The number of amides is 1. The largest absolute Gasteiger partial charge is 0.398 e. The molecule has 0 spiro atoms. The summed E-state index contributed by atoms with van der Waals surface area (Å²) in [6.07, 6.45) is 9.83.